The van der Waals surface area contributed by atoms with Crippen LogP contribution in [0.25, 0.3) is 0 Å². The van der Waals surface area contributed by atoms with E-state index in [0.29, 0.717) is 5.69 Å². The van der Waals surface area contributed by atoms with E-state index in [-0.39, 0.29) is 17.5 Å². The SMILES string of the molecule is CCCC[C@@H](CC)C(=O)Nc1cccc([N+](=O)[O-])c1. The summed E-state index contributed by atoms with van der Waals surface area (Å²) in [5, 5.41) is 13.4. The molecule has 0 radical (unpaired) electrons. The summed E-state index contributed by atoms with van der Waals surface area (Å²) in [6, 6.07) is 6.02. The molecule has 1 amide bonds. The Morgan fingerprint density at radius 3 is 2.74 bits per heavy atom. The Balaban J connectivity index is 2.69. The lowest BCUT2D eigenvalue weighted by atomic mass is 9.98. The smallest absolute Gasteiger partial charge is 0.271 e. The van der Waals surface area contributed by atoms with E-state index in [1.165, 1.54) is 12.1 Å². The number of hydrogen-bond donors (Lipinski definition) is 1. The van der Waals surface area contributed by atoms with Crippen LogP contribution in [0.4, 0.5) is 11.4 Å². The first-order chi connectivity index (χ1) is 9.08. The highest BCUT2D eigenvalue weighted by atomic mass is 16.6. The second-order valence-corrected chi connectivity index (χ2v) is 4.54. The minimum absolute atomic E-state index is 0.0144. The van der Waals surface area contributed by atoms with Crippen molar-refractivity contribution >= 4 is 17.3 Å². The molecule has 0 fully saturated rings. The third kappa shape index (κ3) is 4.69. The quantitative estimate of drug-likeness (QED) is 0.602. The summed E-state index contributed by atoms with van der Waals surface area (Å²) in [6.45, 7) is 4.07. The first-order valence-corrected chi connectivity index (χ1v) is 6.63. The summed E-state index contributed by atoms with van der Waals surface area (Å²) in [6.07, 6.45) is 3.70. The van der Waals surface area contributed by atoms with Gasteiger partial charge in [0.2, 0.25) is 5.91 Å². The normalized spacial score (nSPS) is 11.9. The van der Waals surface area contributed by atoms with Crippen molar-refractivity contribution in [3.8, 4) is 0 Å². The summed E-state index contributed by atoms with van der Waals surface area (Å²) >= 11 is 0. The highest BCUT2D eigenvalue weighted by Crippen LogP contribution is 2.20. The van der Waals surface area contributed by atoms with Crippen LogP contribution in [-0.2, 0) is 4.79 Å². The molecule has 0 aliphatic carbocycles. The maximum absolute atomic E-state index is 12.0. The van der Waals surface area contributed by atoms with Crippen molar-refractivity contribution in [3.63, 3.8) is 0 Å². The molecule has 0 spiro atoms. The lowest BCUT2D eigenvalue weighted by Gasteiger charge is -2.14. The highest BCUT2D eigenvalue weighted by Gasteiger charge is 2.16. The van der Waals surface area contributed by atoms with Gasteiger partial charge in [-0.2, -0.15) is 0 Å². The van der Waals surface area contributed by atoms with Crippen molar-refractivity contribution in [2.24, 2.45) is 5.92 Å². The number of non-ortho nitro benzene ring substituents is 1. The predicted octanol–water partition coefficient (Wildman–Crippen LogP) is 3.75. The fraction of sp³-hybridized carbons (Fsp3) is 0.500. The molecule has 0 heterocycles. The summed E-state index contributed by atoms with van der Waals surface area (Å²) in [5.41, 5.74) is 0.466. The molecule has 0 aliphatic rings. The second-order valence-electron chi connectivity index (χ2n) is 4.54. The molecule has 0 saturated heterocycles. The molecule has 0 aromatic heterocycles. The number of rotatable bonds is 7. The van der Waals surface area contributed by atoms with E-state index in [1.54, 1.807) is 12.1 Å². The number of hydrogen-bond acceptors (Lipinski definition) is 3. The fourth-order valence-corrected chi connectivity index (χ4v) is 1.91. The van der Waals surface area contributed by atoms with E-state index >= 15 is 0 Å². The average Bonchev–Trinajstić information content (AvgIpc) is 2.40. The zero-order valence-electron chi connectivity index (χ0n) is 11.4. The van der Waals surface area contributed by atoms with Crippen molar-refractivity contribution in [2.45, 2.75) is 39.5 Å². The van der Waals surface area contributed by atoms with Gasteiger partial charge in [-0.15, -0.1) is 0 Å². The van der Waals surface area contributed by atoms with Crippen molar-refractivity contribution in [3.05, 3.63) is 34.4 Å². The molecule has 5 heteroatoms. The van der Waals surface area contributed by atoms with Gasteiger partial charge in [0.05, 0.1) is 4.92 Å². The van der Waals surface area contributed by atoms with Crippen LogP contribution in [0.15, 0.2) is 24.3 Å². The summed E-state index contributed by atoms with van der Waals surface area (Å²) in [4.78, 5) is 22.2. The number of nitro benzene ring substituents is 1. The first kappa shape index (κ1) is 15.1. The number of nitro groups is 1. The Hall–Kier alpha value is -1.91. The number of nitrogens with zero attached hydrogens (tertiary/aromatic N) is 1. The van der Waals surface area contributed by atoms with Gasteiger partial charge in [0.25, 0.3) is 5.69 Å². The Labute approximate surface area is 113 Å². The molecule has 1 aromatic carbocycles. The van der Waals surface area contributed by atoms with Crippen LogP contribution in [0, 0.1) is 16.0 Å². The van der Waals surface area contributed by atoms with Crippen molar-refractivity contribution in [1.29, 1.82) is 0 Å². The van der Waals surface area contributed by atoms with Gasteiger partial charge in [-0.3, -0.25) is 14.9 Å². The van der Waals surface area contributed by atoms with E-state index in [4.69, 9.17) is 0 Å². The van der Waals surface area contributed by atoms with Gasteiger partial charge >= 0.3 is 0 Å². The van der Waals surface area contributed by atoms with E-state index < -0.39 is 4.92 Å². The van der Waals surface area contributed by atoms with Gasteiger partial charge in [-0.25, -0.2) is 0 Å². The Morgan fingerprint density at radius 1 is 1.42 bits per heavy atom. The van der Waals surface area contributed by atoms with Crippen LogP contribution in [0.5, 0.6) is 0 Å². The van der Waals surface area contributed by atoms with Gasteiger partial charge < -0.3 is 5.32 Å². The summed E-state index contributed by atoms with van der Waals surface area (Å²) in [7, 11) is 0. The third-order valence-electron chi connectivity index (χ3n) is 3.09. The topological polar surface area (TPSA) is 72.2 Å². The van der Waals surface area contributed by atoms with Gasteiger partial charge in [-0.05, 0) is 18.9 Å². The molecule has 1 aromatic rings. The molecular formula is C14H20N2O3. The van der Waals surface area contributed by atoms with E-state index in [0.717, 1.165) is 25.7 Å². The minimum Gasteiger partial charge on any atom is -0.326 e. The summed E-state index contributed by atoms with van der Waals surface area (Å²) < 4.78 is 0. The molecule has 0 aliphatic heterocycles. The second kappa shape index (κ2) is 7.51. The Kier molecular flexibility index (Phi) is 5.99. The number of unbranched alkanes of at least 4 members (excludes halogenated alkanes) is 1. The monoisotopic (exact) mass is 264 g/mol. The molecule has 104 valence electrons. The molecule has 0 bridgehead atoms. The molecular weight excluding hydrogens is 244 g/mol. The maximum atomic E-state index is 12.0. The van der Waals surface area contributed by atoms with Crippen molar-refractivity contribution < 1.29 is 9.72 Å². The third-order valence-corrected chi connectivity index (χ3v) is 3.09. The van der Waals surface area contributed by atoms with Gasteiger partial charge in [0, 0.05) is 23.7 Å². The first-order valence-electron chi connectivity index (χ1n) is 6.63. The van der Waals surface area contributed by atoms with Crippen LogP contribution in [0.1, 0.15) is 39.5 Å². The predicted molar refractivity (Wildman–Crippen MR) is 75.0 cm³/mol. The summed E-state index contributed by atoms with van der Waals surface area (Å²) in [5.74, 6) is -0.0874. The molecule has 0 unspecified atom stereocenters. The lowest BCUT2D eigenvalue weighted by Crippen LogP contribution is -2.22. The number of anilines is 1. The standard InChI is InChI=1S/C14H20N2O3/c1-3-5-7-11(4-2)14(17)15-12-8-6-9-13(10-12)16(18)19/h6,8-11H,3-5,7H2,1-2H3,(H,15,17)/t11-/m1/s1. The van der Waals surface area contributed by atoms with E-state index in [9.17, 15) is 14.9 Å². The largest absolute Gasteiger partial charge is 0.326 e. The number of nitrogens with one attached hydrogen (secondary N) is 1. The average molecular weight is 264 g/mol. The van der Waals surface area contributed by atoms with Crippen LogP contribution in [0.2, 0.25) is 0 Å². The lowest BCUT2D eigenvalue weighted by molar-refractivity contribution is -0.384. The van der Waals surface area contributed by atoms with Crippen LogP contribution < -0.4 is 5.32 Å². The Bertz CT molecular complexity index is 446. The van der Waals surface area contributed by atoms with E-state index in [2.05, 4.69) is 12.2 Å². The molecule has 1 N–H and O–H groups in total. The zero-order valence-corrected chi connectivity index (χ0v) is 11.4. The van der Waals surface area contributed by atoms with E-state index in [1.807, 2.05) is 6.92 Å². The molecule has 0 saturated carbocycles. The number of amides is 1. The number of carbonyl (C=O) groups is 1. The molecule has 19 heavy (non-hydrogen) atoms. The van der Waals surface area contributed by atoms with Crippen LogP contribution in [-0.4, -0.2) is 10.8 Å². The number of carbonyl (C=O) groups excluding carboxylic acids is 1. The van der Waals surface area contributed by atoms with Crippen LogP contribution in [0.3, 0.4) is 0 Å². The number of benzene rings is 1. The highest BCUT2D eigenvalue weighted by molar-refractivity contribution is 5.92. The molecule has 5 nitrogen and oxygen atoms in total. The molecule has 1 atom stereocenters. The van der Waals surface area contributed by atoms with Crippen molar-refractivity contribution in [1.82, 2.24) is 0 Å². The van der Waals surface area contributed by atoms with Gasteiger partial charge in [-0.1, -0.05) is 32.8 Å². The zero-order chi connectivity index (χ0) is 14.3. The van der Waals surface area contributed by atoms with Gasteiger partial charge in [0.1, 0.15) is 0 Å². The van der Waals surface area contributed by atoms with Crippen LogP contribution >= 0.6 is 0 Å². The van der Waals surface area contributed by atoms with Crippen molar-refractivity contribution in [2.75, 3.05) is 5.32 Å². The minimum atomic E-state index is -0.468. The maximum Gasteiger partial charge on any atom is 0.271 e. The molecule has 1 rings (SSSR count). The Morgan fingerprint density at radius 2 is 2.16 bits per heavy atom. The fourth-order valence-electron chi connectivity index (χ4n) is 1.91. The van der Waals surface area contributed by atoms with Gasteiger partial charge in [0.15, 0.2) is 0 Å².